The Morgan fingerprint density at radius 3 is 3.17 bits per heavy atom. The van der Waals surface area contributed by atoms with E-state index >= 15 is 0 Å². The number of aromatic nitrogens is 1. The molecule has 0 radical (unpaired) electrons. The van der Waals surface area contributed by atoms with Crippen LogP contribution >= 0.6 is 0 Å². The van der Waals surface area contributed by atoms with Gasteiger partial charge in [0.15, 0.2) is 5.82 Å². The summed E-state index contributed by atoms with van der Waals surface area (Å²) < 4.78 is 5.46. The van der Waals surface area contributed by atoms with Crippen LogP contribution < -0.4 is 10.6 Å². The molecule has 2 heterocycles. The van der Waals surface area contributed by atoms with E-state index in [0.29, 0.717) is 23.0 Å². The second-order valence-corrected chi connectivity index (χ2v) is 4.67. The molecule has 0 spiro atoms. The van der Waals surface area contributed by atoms with Crippen molar-refractivity contribution < 1.29 is 4.74 Å². The average molecular weight is 246 g/mol. The molecular weight excluding hydrogens is 228 g/mol. The third-order valence-electron chi connectivity index (χ3n) is 3.24. The maximum absolute atomic E-state index is 8.95. The van der Waals surface area contributed by atoms with Crippen molar-refractivity contribution in [2.75, 3.05) is 37.4 Å². The molecule has 0 saturated carbocycles. The lowest BCUT2D eigenvalue weighted by atomic mass is 10.0. The van der Waals surface area contributed by atoms with Crippen molar-refractivity contribution in [3.8, 4) is 6.07 Å². The summed E-state index contributed by atoms with van der Waals surface area (Å²) in [6.45, 7) is 2.51. The van der Waals surface area contributed by atoms with E-state index in [4.69, 9.17) is 15.7 Å². The number of ether oxygens (including phenoxy) is 1. The molecule has 0 aromatic carbocycles. The van der Waals surface area contributed by atoms with E-state index in [0.717, 1.165) is 26.2 Å². The monoisotopic (exact) mass is 246 g/mol. The number of nitriles is 1. The molecule has 1 saturated heterocycles. The molecule has 1 aliphatic rings. The van der Waals surface area contributed by atoms with Crippen LogP contribution in [0.4, 0.5) is 11.5 Å². The SMILES string of the molecule is CN(CC1CCCOC1)c1nccc(C#N)c1N. The zero-order chi connectivity index (χ0) is 13.0. The van der Waals surface area contributed by atoms with Gasteiger partial charge >= 0.3 is 0 Å². The Morgan fingerprint density at radius 1 is 1.67 bits per heavy atom. The van der Waals surface area contributed by atoms with Crippen LogP contribution in [0.15, 0.2) is 12.3 Å². The summed E-state index contributed by atoms with van der Waals surface area (Å²) >= 11 is 0. The van der Waals surface area contributed by atoms with Gasteiger partial charge in [-0.3, -0.25) is 0 Å². The molecule has 18 heavy (non-hydrogen) atoms. The van der Waals surface area contributed by atoms with E-state index in [1.807, 2.05) is 11.9 Å². The predicted molar refractivity (Wildman–Crippen MR) is 70.2 cm³/mol. The molecule has 1 unspecified atom stereocenters. The molecule has 2 N–H and O–H groups in total. The van der Waals surface area contributed by atoms with Gasteiger partial charge in [-0.25, -0.2) is 4.98 Å². The Labute approximate surface area is 107 Å². The van der Waals surface area contributed by atoms with E-state index in [9.17, 15) is 0 Å². The van der Waals surface area contributed by atoms with Gasteiger partial charge in [-0.1, -0.05) is 0 Å². The maximum Gasteiger partial charge on any atom is 0.152 e. The van der Waals surface area contributed by atoms with Crippen molar-refractivity contribution in [2.45, 2.75) is 12.8 Å². The zero-order valence-electron chi connectivity index (χ0n) is 10.6. The van der Waals surface area contributed by atoms with Crippen LogP contribution in [0, 0.1) is 17.2 Å². The number of hydrogen-bond acceptors (Lipinski definition) is 5. The lowest BCUT2D eigenvalue weighted by Gasteiger charge is -2.28. The van der Waals surface area contributed by atoms with Gasteiger partial charge in [-0.15, -0.1) is 0 Å². The Kier molecular flexibility index (Phi) is 4.00. The van der Waals surface area contributed by atoms with Gasteiger partial charge in [0, 0.05) is 26.4 Å². The van der Waals surface area contributed by atoms with Crippen LogP contribution in [0.25, 0.3) is 0 Å². The third-order valence-corrected chi connectivity index (χ3v) is 3.24. The molecule has 1 fully saturated rings. The smallest absolute Gasteiger partial charge is 0.152 e. The average Bonchev–Trinajstić information content (AvgIpc) is 2.40. The van der Waals surface area contributed by atoms with E-state index in [-0.39, 0.29) is 0 Å². The van der Waals surface area contributed by atoms with Gasteiger partial charge in [-0.2, -0.15) is 5.26 Å². The van der Waals surface area contributed by atoms with Gasteiger partial charge in [-0.05, 0) is 24.8 Å². The van der Waals surface area contributed by atoms with Gasteiger partial charge in [0.2, 0.25) is 0 Å². The number of anilines is 2. The molecular formula is C13H18N4O. The second kappa shape index (κ2) is 5.69. The lowest BCUT2D eigenvalue weighted by Crippen LogP contribution is -2.31. The molecule has 1 aliphatic heterocycles. The summed E-state index contributed by atoms with van der Waals surface area (Å²) in [5.74, 6) is 1.19. The summed E-state index contributed by atoms with van der Waals surface area (Å²) in [4.78, 5) is 6.27. The number of nitrogen functional groups attached to an aromatic ring is 1. The first-order valence-corrected chi connectivity index (χ1v) is 6.16. The number of hydrogen-bond donors (Lipinski definition) is 1. The Bertz CT molecular complexity index is 449. The molecule has 1 aromatic heterocycles. The summed E-state index contributed by atoms with van der Waals surface area (Å²) in [5, 5.41) is 8.95. The van der Waals surface area contributed by atoms with Gasteiger partial charge in [0.25, 0.3) is 0 Å². The van der Waals surface area contributed by atoms with Crippen LogP contribution in [0.1, 0.15) is 18.4 Å². The summed E-state index contributed by atoms with van der Waals surface area (Å²) in [6, 6.07) is 3.71. The molecule has 96 valence electrons. The summed E-state index contributed by atoms with van der Waals surface area (Å²) in [5.41, 5.74) is 6.88. The number of nitrogens with zero attached hydrogens (tertiary/aromatic N) is 3. The Balaban J connectivity index is 2.08. The quantitative estimate of drug-likeness (QED) is 0.872. The highest BCUT2D eigenvalue weighted by Crippen LogP contribution is 2.24. The van der Waals surface area contributed by atoms with Crippen LogP contribution in [0.5, 0.6) is 0 Å². The molecule has 1 atom stereocenters. The first-order valence-electron chi connectivity index (χ1n) is 6.16. The number of pyridine rings is 1. The van der Waals surface area contributed by atoms with Crippen molar-refractivity contribution in [1.29, 1.82) is 5.26 Å². The minimum absolute atomic E-state index is 0.458. The van der Waals surface area contributed by atoms with Crippen LogP contribution in [0.3, 0.4) is 0 Å². The molecule has 0 bridgehead atoms. The molecule has 5 nitrogen and oxygen atoms in total. The number of nitrogens with two attached hydrogens (primary N) is 1. The topological polar surface area (TPSA) is 75.2 Å². The van der Waals surface area contributed by atoms with E-state index < -0.39 is 0 Å². The molecule has 2 rings (SSSR count). The highest BCUT2D eigenvalue weighted by Gasteiger charge is 2.18. The first kappa shape index (κ1) is 12.7. The lowest BCUT2D eigenvalue weighted by molar-refractivity contribution is 0.0576. The predicted octanol–water partition coefficient (Wildman–Crippen LogP) is 1.40. The van der Waals surface area contributed by atoms with Gasteiger partial charge < -0.3 is 15.4 Å². The number of rotatable bonds is 3. The maximum atomic E-state index is 8.95. The minimum Gasteiger partial charge on any atom is -0.395 e. The van der Waals surface area contributed by atoms with E-state index in [2.05, 4.69) is 11.1 Å². The first-order chi connectivity index (χ1) is 8.72. The summed E-state index contributed by atoms with van der Waals surface area (Å²) in [7, 11) is 1.95. The van der Waals surface area contributed by atoms with Crippen LogP contribution in [-0.4, -0.2) is 31.8 Å². The normalized spacial score (nSPS) is 19.2. The van der Waals surface area contributed by atoms with Crippen molar-refractivity contribution in [2.24, 2.45) is 5.92 Å². The van der Waals surface area contributed by atoms with Gasteiger partial charge in [0.05, 0.1) is 17.9 Å². The van der Waals surface area contributed by atoms with E-state index in [1.54, 1.807) is 12.3 Å². The van der Waals surface area contributed by atoms with Gasteiger partial charge in [0.1, 0.15) is 6.07 Å². The third kappa shape index (κ3) is 2.71. The molecule has 0 amide bonds. The Hall–Kier alpha value is -1.80. The van der Waals surface area contributed by atoms with Crippen molar-refractivity contribution >= 4 is 11.5 Å². The minimum atomic E-state index is 0.458. The van der Waals surface area contributed by atoms with Crippen LogP contribution in [0.2, 0.25) is 0 Å². The highest BCUT2D eigenvalue weighted by atomic mass is 16.5. The van der Waals surface area contributed by atoms with Crippen molar-refractivity contribution in [3.05, 3.63) is 17.8 Å². The zero-order valence-corrected chi connectivity index (χ0v) is 10.6. The van der Waals surface area contributed by atoms with E-state index in [1.165, 1.54) is 6.42 Å². The fourth-order valence-corrected chi connectivity index (χ4v) is 2.29. The fraction of sp³-hybridized carbons (Fsp3) is 0.538. The molecule has 5 heteroatoms. The van der Waals surface area contributed by atoms with Crippen molar-refractivity contribution in [1.82, 2.24) is 4.98 Å². The fourth-order valence-electron chi connectivity index (χ4n) is 2.29. The van der Waals surface area contributed by atoms with Crippen LogP contribution in [-0.2, 0) is 4.74 Å². The largest absolute Gasteiger partial charge is 0.395 e. The summed E-state index contributed by atoms with van der Waals surface area (Å²) in [6.07, 6.45) is 3.90. The second-order valence-electron chi connectivity index (χ2n) is 4.67. The molecule has 1 aromatic rings. The Morgan fingerprint density at radius 2 is 2.50 bits per heavy atom. The van der Waals surface area contributed by atoms with Crippen molar-refractivity contribution in [3.63, 3.8) is 0 Å². The standard InChI is InChI=1S/C13H18N4O/c1-17(8-10-3-2-6-18-9-10)13-12(15)11(7-14)4-5-16-13/h4-5,10H,2-3,6,8-9,15H2,1H3. The molecule has 0 aliphatic carbocycles. The highest BCUT2D eigenvalue weighted by molar-refractivity contribution is 5.69.